The number of hydrogen-bond acceptors (Lipinski definition) is 3. The van der Waals surface area contributed by atoms with E-state index in [1.54, 1.807) is 6.07 Å². The number of aryl methyl sites for hydroxylation is 1. The summed E-state index contributed by atoms with van der Waals surface area (Å²) in [7, 11) is 0. The molecule has 0 amide bonds. The molecular formula is C17H26FNO2. The Balaban J connectivity index is 1.93. The SMILES string of the molecule is NCCC(O)c1cc(F)cc(CCC2CCC(O)CC2)c1. The zero-order valence-corrected chi connectivity index (χ0v) is 12.5. The van der Waals surface area contributed by atoms with Gasteiger partial charge in [0, 0.05) is 0 Å². The summed E-state index contributed by atoms with van der Waals surface area (Å²) in [5.41, 5.74) is 6.99. The van der Waals surface area contributed by atoms with Crippen LogP contribution < -0.4 is 5.73 Å². The highest BCUT2D eigenvalue weighted by atomic mass is 19.1. The maximum atomic E-state index is 13.7. The number of aliphatic hydroxyl groups excluding tert-OH is 2. The third kappa shape index (κ3) is 5.06. The number of halogens is 1. The molecule has 0 spiro atoms. The first-order valence-corrected chi connectivity index (χ1v) is 7.94. The lowest BCUT2D eigenvalue weighted by Crippen LogP contribution is -2.18. The van der Waals surface area contributed by atoms with Crippen LogP contribution in [0.5, 0.6) is 0 Å². The zero-order chi connectivity index (χ0) is 15.2. The lowest BCUT2D eigenvalue weighted by atomic mass is 9.83. The van der Waals surface area contributed by atoms with Gasteiger partial charge < -0.3 is 15.9 Å². The second-order valence-corrected chi connectivity index (χ2v) is 6.20. The van der Waals surface area contributed by atoms with Gasteiger partial charge in [0.05, 0.1) is 12.2 Å². The standard InChI is InChI=1S/C17H26FNO2/c18-15-10-13(9-14(11-15)17(21)7-8-19)2-1-12-3-5-16(20)6-4-12/h9-12,16-17,20-21H,1-8,19H2. The van der Waals surface area contributed by atoms with Gasteiger partial charge in [0.2, 0.25) is 0 Å². The van der Waals surface area contributed by atoms with Crippen LogP contribution in [0.2, 0.25) is 0 Å². The minimum atomic E-state index is -0.686. The summed E-state index contributed by atoms with van der Waals surface area (Å²) in [6.07, 6.45) is 5.34. The Kier molecular flexibility index (Phi) is 6.15. The summed E-state index contributed by atoms with van der Waals surface area (Å²) < 4.78 is 13.7. The monoisotopic (exact) mass is 295 g/mol. The summed E-state index contributed by atoms with van der Waals surface area (Å²) >= 11 is 0. The van der Waals surface area contributed by atoms with Crippen LogP contribution in [0, 0.1) is 11.7 Å². The van der Waals surface area contributed by atoms with Crippen molar-refractivity contribution in [3.8, 4) is 0 Å². The molecule has 1 aliphatic carbocycles. The highest BCUT2D eigenvalue weighted by molar-refractivity contribution is 5.26. The molecule has 1 saturated carbocycles. The van der Waals surface area contributed by atoms with Crippen LogP contribution >= 0.6 is 0 Å². The van der Waals surface area contributed by atoms with Gasteiger partial charge in [0.1, 0.15) is 5.82 Å². The molecule has 0 heterocycles. The molecule has 3 nitrogen and oxygen atoms in total. The summed E-state index contributed by atoms with van der Waals surface area (Å²) in [5, 5.41) is 19.5. The third-order valence-electron chi connectivity index (χ3n) is 4.46. The van der Waals surface area contributed by atoms with E-state index in [4.69, 9.17) is 5.73 Å². The number of benzene rings is 1. The van der Waals surface area contributed by atoms with Crippen LogP contribution in [0.25, 0.3) is 0 Å². The fraction of sp³-hybridized carbons (Fsp3) is 0.647. The van der Waals surface area contributed by atoms with Gasteiger partial charge in [-0.2, -0.15) is 0 Å². The lowest BCUT2D eigenvalue weighted by molar-refractivity contribution is 0.106. The minimum Gasteiger partial charge on any atom is -0.393 e. The first kappa shape index (κ1) is 16.4. The van der Waals surface area contributed by atoms with Crippen LogP contribution in [0.3, 0.4) is 0 Å². The van der Waals surface area contributed by atoms with Crippen LogP contribution in [0.1, 0.15) is 55.8 Å². The molecule has 118 valence electrons. The molecule has 0 radical (unpaired) electrons. The van der Waals surface area contributed by atoms with E-state index in [2.05, 4.69) is 0 Å². The van der Waals surface area contributed by atoms with Crippen molar-refractivity contribution in [3.63, 3.8) is 0 Å². The van der Waals surface area contributed by atoms with E-state index in [0.29, 0.717) is 24.4 Å². The Morgan fingerprint density at radius 3 is 2.57 bits per heavy atom. The molecule has 2 rings (SSSR count). The average molecular weight is 295 g/mol. The maximum Gasteiger partial charge on any atom is 0.123 e. The molecule has 0 saturated heterocycles. The van der Waals surface area contributed by atoms with Gasteiger partial charge in [0.15, 0.2) is 0 Å². The van der Waals surface area contributed by atoms with Crippen molar-refractivity contribution in [2.45, 2.75) is 57.2 Å². The van der Waals surface area contributed by atoms with Crippen molar-refractivity contribution in [2.24, 2.45) is 11.7 Å². The van der Waals surface area contributed by atoms with Crippen LogP contribution in [-0.2, 0) is 6.42 Å². The number of rotatable bonds is 6. The number of hydrogen-bond donors (Lipinski definition) is 3. The molecule has 21 heavy (non-hydrogen) atoms. The second kappa shape index (κ2) is 7.87. The fourth-order valence-electron chi connectivity index (χ4n) is 3.14. The van der Waals surface area contributed by atoms with E-state index in [1.165, 1.54) is 6.07 Å². The first-order valence-electron chi connectivity index (χ1n) is 7.94. The smallest absolute Gasteiger partial charge is 0.123 e. The van der Waals surface area contributed by atoms with E-state index in [0.717, 1.165) is 44.1 Å². The molecule has 0 aromatic heterocycles. The molecular weight excluding hydrogens is 269 g/mol. The quantitative estimate of drug-likeness (QED) is 0.756. The summed E-state index contributed by atoms with van der Waals surface area (Å²) in [5.74, 6) is 0.326. The molecule has 0 bridgehead atoms. The van der Waals surface area contributed by atoms with Gasteiger partial charge >= 0.3 is 0 Å². The fourth-order valence-corrected chi connectivity index (χ4v) is 3.14. The highest BCUT2D eigenvalue weighted by Gasteiger charge is 2.19. The van der Waals surface area contributed by atoms with Crippen LogP contribution in [0.4, 0.5) is 4.39 Å². The van der Waals surface area contributed by atoms with Gasteiger partial charge in [-0.25, -0.2) is 4.39 Å². The normalized spacial score (nSPS) is 24.0. The molecule has 1 aromatic carbocycles. The minimum absolute atomic E-state index is 0.131. The molecule has 1 aromatic rings. The number of aliphatic hydroxyl groups is 2. The van der Waals surface area contributed by atoms with Gasteiger partial charge in [-0.15, -0.1) is 0 Å². The van der Waals surface area contributed by atoms with E-state index in [9.17, 15) is 14.6 Å². The Bertz CT molecular complexity index is 444. The zero-order valence-electron chi connectivity index (χ0n) is 12.5. The van der Waals surface area contributed by atoms with Crippen molar-refractivity contribution < 1.29 is 14.6 Å². The van der Waals surface area contributed by atoms with Crippen LogP contribution in [0.15, 0.2) is 18.2 Å². The van der Waals surface area contributed by atoms with Crippen molar-refractivity contribution in [1.82, 2.24) is 0 Å². The predicted octanol–water partition coefficient (Wildman–Crippen LogP) is 2.69. The van der Waals surface area contributed by atoms with Crippen molar-refractivity contribution in [2.75, 3.05) is 6.54 Å². The molecule has 1 atom stereocenters. The molecule has 4 heteroatoms. The van der Waals surface area contributed by atoms with Gasteiger partial charge in [-0.1, -0.05) is 6.07 Å². The molecule has 4 N–H and O–H groups in total. The largest absolute Gasteiger partial charge is 0.393 e. The predicted molar refractivity (Wildman–Crippen MR) is 81.3 cm³/mol. The van der Waals surface area contributed by atoms with Gasteiger partial charge in [0.25, 0.3) is 0 Å². The second-order valence-electron chi connectivity index (χ2n) is 6.20. The number of nitrogens with two attached hydrogens (primary N) is 1. The van der Waals surface area contributed by atoms with Gasteiger partial charge in [-0.3, -0.25) is 0 Å². The summed E-state index contributed by atoms with van der Waals surface area (Å²) in [6, 6.07) is 4.83. The Morgan fingerprint density at radius 1 is 1.19 bits per heavy atom. The van der Waals surface area contributed by atoms with E-state index < -0.39 is 6.10 Å². The van der Waals surface area contributed by atoms with E-state index >= 15 is 0 Å². The lowest BCUT2D eigenvalue weighted by Gasteiger charge is -2.25. The Hall–Kier alpha value is -0.970. The molecule has 1 aliphatic rings. The van der Waals surface area contributed by atoms with E-state index in [-0.39, 0.29) is 11.9 Å². The molecule has 1 fully saturated rings. The Labute approximate surface area is 126 Å². The van der Waals surface area contributed by atoms with Crippen LogP contribution in [-0.4, -0.2) is 22.9 Å². The summed E-state index contributed by atoms with van der Waals surface area (Å²) in [4.78, 5) is 0. The molecule has 1 unspecified atom stereocenters. The van der Waals surface area contributed by atoms with Crippen molar-refractivity contribution in [3.05, 3.63) is 35.1 Å². The van der Waals surface area contributed by atoms with Crippen molar-refractivity contribution in [1.29, 1.82) is 0 Å². The first-order chi connectivity index (χ1) is 10.1. The average Bonchev–Trinajstić information content (AvgIpc) is 2.46. The van der Waals surface area contributed by atoms with Crippen molar-refractivity contribution >= 4 is 0 Å². The van der Waals surface area contributed by atoms with Gasteiger partial charge in [-0.05, 0) is 80.7 Å². The summed E-state index contributed by atoms with van der Waals surface area (Å²) in [6.45, 7) is 0.386. The Morgan fingerprint density at radius 2 is 1.90 bits per heavy atom. The molecule has 0 aliphatic heterocycles. The highest BCUT2D eigenvalue weighted by Crippen LogP contribution is 2.28. The van der Waals surface area contributed by atoms with E-state index in [1.807, 2.05) is 6.07 Å². The maximum absolute atomic E-state index is 13.7. The topological polar surface area (TPSA) is 66.5 Å². The third-order valence-corrected chi connectivity index (χ3v) is 4.46.